The second-order valence-electron chi connectivity index (χ2n) is 5.75. The fourth-order valence-corrected chi connectivity index (χ4v) is 2.50. The molecule has 0 radical (unpaired) electrons. The molecule has 3 aromatic rings. The normalized spacial score (nSPS) is 10.1. The molecule has 0 saturated carbocycles. The van der Waals surface area contributed by atoms with Crippen LogP contribution in [0.2, 0.25) is 5.02 Å². The number of ether oxygens (including phenoxy) is 2. The van der Waals surface area contributed by atoms with Gasteiger partial charge < -0.3 is 14.4 Å². The first-order valence-electron chi connectivity index (χ1n) is 7.93. The van der Waals surface area contributed by atoms with Gasteiger partial charge in [0.25, 0.3) is 0 Å². The summed E-state index contributed by atoms with van der Waals surface area (Å²) in [7, 11) is 3.79. The molecule has 0 unspecified atom stereocenters. The molecular weight excluding hydrogens is 350 g/mol. The van der Waals surface area contributed by atoms with Crippen molar-refractivity contribution in [3.8, 4) is 23.0 Å². The Balaban J connectivity index is 1.99. The van der Waals surface area contributed by atoms with E-state index in [0.29, 0.717) is 28.0 Å². The molecule has 0 spiro atoms. The van der Waals surface area contributed by atoms with Crippen LogP contribution in [0, 0.1) is 5.39 Å². The molecular formula is C20H17ClN3O2+. The highest BCUT2D eigenvalue weighted by molar-refractivity contribution is 6.30. The average Bonchev–Trinajstić information content (AvgIpc) is 2.65. The highest BCUT2D eigenvalue weighted by Gasteiger charge is 2.23. The van der Waals surface area contributed by atoms with Crippen LogP contribution in [0.1, 0.15) is 0 Å². The van der Waals surface area contributed by atoms with Crippen molar-refractivity contribution in [2.75, 3.05) is 19.0 Å². The van der Waals surface area contributed by atoms with Gasteiger partial charge in [-0.15, -0.1) is 0 Å². The van der Waals surface area contributed by atoms with Crippen LogP contribution in [0.3, 0.4) is 0 Å². The summed E-state index contributed by atoms with van der Waals surface area (Å²) in [6.45, 7) is 0. The lowest BCUT2D eigenvalue weighted by Crippen LogP contribution is -2.10. The second kappa shape index (κ2) is 7.77. The molecule has 3 aromatic carbocycles. The summed E-state index contributed by atoms with van der Waals surface area (Å²) in [5.41, 5.74) is 1.04. The van der Waals surface area contributed by atoms with E-state index in [0.717, 1.165) is 5.69 Å². The van der Waals surface area contributed by atoms with Crippen molar-refractivity contribution in [1.29, 1.82) is 5.39 Å². The topological polar surface area (TPSA) is 49.9 Å². The van der Waals surface area contributed by atoms with Gasteiger partial charge in [-0.1, -0.05) is 29.8 Å². The van der Waals surface area contributed by atoms with E-state index in [1.165, 1.54) is 0 Å². The number of benzene rings is 3. The Morgan fingerprint density at radius 2 is 1.46 bits per heavy atom. The molecule has 130 valence electrons. The second-order valence-corrected chi connectivity index (χ2v) is 6.19. The molecule has 26 heavy (non-hydrogen) atoms. The summed E-state index contributed by atoms with van der Waals surface area (Å²) >= 11 is 5.91. The number of para-hydroxylation sites is 1. The van der Waals surface area contributed by atoms with Crippen LogP contribution in [0.25, 0.3) is 4.98 Å². The monoisotopic (exact) mass is 366 g/mol. The number of anilines is 1. The zero-order valence-corrected chi connectivity index (χ0v) is 15.1. The maximum Gasteiger partial charge on any atom is 0.430 e. The largest absolute Gasteiger partial charge is 0.455 e. The third-order valence-electron chi connectivity index (χ3n) is 3.64. The minimum atomic E-state index is 0.267. The molecule has 0 heterocycles. The zero-order valence-electron chi connectivity index (χ0n) is 14.4. The first-order valence-corrected chi connectivity index (χ1v) is 8.31. The van der Waals surface area contributed by atoms with Gasteiger partial charge in [-0.3, -0.25) is 0 Å². The third kappa shape index (κ3) is 4.05. The maximum absolute atomic E-state index is 9.41. The van der Waals surface area contributed by atoms with Crippen LogP contribution >= 0.6 is 11.6 Å². The van der Waals surface area contributed by atoms with Gasteiger partial charge in [0.05, 0.1) is 11.8 Å². The first-order chi connectivity index (χ1) is 12.6. The van der Waals surface area contributed by atoms with Crippen LogP contribution < -0.4 is 14.4 Å². The molecule has 0 fully saturated rings. The van der Waals surface area contributed by atoms with Crippen LogP contribution in [0.5, 0.6) is 23.0 Å². The van der Waals surface area contributed by atoms with Crippen LogP contribution in [0.4, 0.5) is 11.4 Å². The fraction of sp³-hybridized carbons (Fsp3) is 0.100. The molecule has 5 nitrogen and oxygen atoms in total. The molecule has 6 heteroatoms. The van der Waals surface area contributed by atoms with E-state index in [1.807, 2.05) is 49.3 Å². The lowest BCUT2D eigenvalue weighted by Gasteiger charge is -2.18. The van der Waals surface area contributed by atoms with Gasteiger partial charge in [-0.2, -0.15) is 0 Å². The minimum Gasteiger partial charge on any atom is -0.455 e. The molecule has 0 aromatic heterocycles. The van der Waals surface area contributed by atoms with Crippen molar-refractivity contribution in [3.05, 3.63) is 76.7 Å². The van der Waals surface area contributed by atoms with Crippen molar-refractivity contribution in [3.63, 3.8) is 0 Å². The molecule has 0 atom stereocenters. The average molecular weight is 367 g/mol. The van der Waals surface area contributed by atoms with E-state index in [1.54, 1.807) is 36.4 Å². The SMILES string of the molecule is CN(C)c1cc(Oc2ccccc2)c([N+]#N)cc1Oc1ccc(Cl)cc1. The Morgan fingerprint density at radius 3 is 2.08 bits per heavy atom. The Bertz CT molecular complexity index is 936. The van der Waals surface area contributed by atoms with E-state index in [9.17, 15) is 5.39 Å². The number of halogens is 1. The predicted molar refractivity (Wildman–Crippen MR) is 104 cm³/mol. The molecule has 0 aliphatic carbocycles. The van der Waals surface area contributed by atoms with E-state index in [-0.39, 0.29) is 5.69 Å². The Labute approximate surface area is 157 Å². The molecule has 0 N–H and O–H groups in total. The van der Waals surface area contributed by atoms with Crippen molar-refractivity contribution in [2.45, 2.75) is 0 Å². The summed E-state index contributed by atoms with van der Waals surface area (Å²) in [5.74, 6) is 2.22. The van der Waals surface area contributed by atoms with Crippen LogP contribution in [-0.2, 0) is 0 Å². The van der Waals surface area contributed by atoms with E-state index in [2.05, 4.69) is 4.98 Å². The standard InChI is InChI=1S/C20H17ClN3O2/c1-24(2)18-13-19(25-15-6-4-3-5-7-15)17(23-22)12-20(18)26-16-10-8-14(21)9-11-16/h3-13H,1-2H3/q+1. The molecule has 0 aliphatic heterocycles. The molecule has 0 saturated heterocycles. The zero-order chi connectivity index (χ0) is 18.5. The number of hydrogen-bond donors (Lipinski definition) is 0. The van der Waals surface area contributed by atoms with Crippen LogP contribution in [-0.4, -0.2) is 14.1 Å². The lowest BCUT2D eigenvalue weighted by molar-refractivity contribution is 0.472. The summed E-state index contributed by atoms with van der Waals surface area (Å²) < 4.78 is 11.8. The minimum absolute atomic E-state index is 0.267. The Kier molecular flexibility index (Phi) is 5.26. The van der Waals surface area contributed by atoms with Gasteiger partial charge in [0, 0.05) is 25.2 Å². The Hall–Kier alpha value is -3.23. The summed E-state index contributed by atoms with van der Waals surface area (Å²) in [4.78, 5) is 5.23. The van der Waals surface area contributed by atoms with Crippen molar-refractivity contribution >= 4 is 23.0 Å². The van der Waals surface area contributed by atoms with Crippen molar-refractivity contribution in [1.82, 2.24) is 0 Å². The summed E-state index contributed by atoms with van der Waals surface area (Å²) in [6, 6.07) is 19.7. The number of hydrogen-bond acceptors (Lipinski definition) is 4. The highest BCUT2D eigenvalue weighted by atomic mass is 35.5. The van der Waals surface area contributed by atoms with Gasteiger partial charge in [0.15, 0.2) is 10.7 Å². The van der Waals surface area contributed by atoms with E-state index in [4.69, 9.17) is 21.1 Å². The highest BCUT2D eigenvalue weighted by Crippen LogP contribution is 2.43. The first kappa shape index (κ1) is 17.6. The summed E-state index contributed by atoms with van der Waals surface area (Å²) in [5, 5.41) is 10.0. The number of nitrogens with zero attached hydrogens (tertiary/aromatic N) is 3. The third-order valence-corrected chi connectivity index (χ3v) is 3.89. The van der Waals surface area contributed by atoms with E-state index < -0.39 is 0 Å². The van der Waals surface area contributed by atoms with E-state index >= 15 is 0 Å². The van der Waals surface area contributed by atoms with Gasteiger partial charge in [-0.05, 0) is 36.4 Å². The molecule has 0 amide bonds. The van der Waals surface area contributed by atoms with Crippen molar-refractivity contribution in [2.24, 2.45) is 0 Å². The number of rotatable bonds is 5. The maximum atomic E-state index is 9.41. The van der Waals surface area contributed by atoms with Crippen molar-refractivity contribution < 1.29 is 9.47 Å². The lowest BCUT2D eigenvalue weighted by atomic mass is 10.2. The Morgan fingerprint density at radius 1 is 0.846 bits per heavy atom. The number of diazo groups is 1. The molecule has 0 aliphatic rings. The van der Waals surface area contributed by atoms with Gasteiger partial charge in [-0.25, -0.2) is 0 Å². The smallest absolute Gasteiger partial charge is 0.430 e. The van der Waals surface area contributed by atoms with Gasteiger partial charge in [0.2, 0.25) is 11.1 Å². The van der Waals surface area contributed by atoms with Crippen LogP contribution in [0.15, 0.2) is 66.7 Å². The molecule has 3 rings (SSSR count). The fourth-order valence-electron chi connectivity index (χ4n) is 2.37. The van der Waals surface area contributed by atoms with Gasteiger partial charge >= 0.3 is 5.69 Å². The molecule has 0 bridgehead atoms. The predicted octanol–water partition coefficient (Wildman–Crippen LogP) is 6.48. The van der Waals surface area contributed by atoms with Gasteiger partial charge in [0.1, 0.15) is 11.5 Å². The quantitative estimate of drug-likeness (QED) is 0.485. The summed E-state index contributed by atoms with van der Waals surface area (Å²) in [6.07, 6.45) is 0.